The molecule has 1 rings (SSSR count). The van der Waals surface area contributed by atoms with Crippen molar-refractivity contribution in [3.63, 3.8) is 0 Å². The molecular weight excluding hydrogens is 286 g/mol. The first-order valence-electron chi connectivity index (χ1n) is 5.83. The van der Waals surface area contributed by atoms with Crippen molar-refractivity contribution < 1.29 is 19.5 Å². The second-order valence-electron chi connectivity index (χ2n) is 3.85. The number of carbonyl (C=O) groups is 3. The molecule has 1 aromatic rings. The lowest BCUT2D eigenvalue weighted by molar-refractivity contribution is -0.139. The van der Waals surface area contributed by atoms with Crippen LogP contribution in [0.4, 0.5) is 9.93 Å². The van der Waals surface area contributed by atoms with Gasteiger partial charge in [-0.25, -0.2) is 9.59 Å². The van der Waals surface area contributed by atoms with Crippen LogP contribution in [0, 0.1) is 0 Å². The molecule has 0 aliphatic rings. The van der Waals surface area contributed by atoms with Crippen molar-refractivity contribution in [2.45, 2.75) is 32.2 Å². The van der Waals surface area contributed by atoms with Crippen LogP contribution in [0.2, 0.25) is 0 Å². The number of aliphatic carboxylic acids is 1. The summed E-state index contributed by atoms with van der Waals surface area (Å²) in [5.74, 6) is -1.87. The molecule has 0 radical (unpaired) electrons. The van der Waals surface area contributed by atoms with E-state index in [1.54, 1.807) is 0 Å². The van der Waals surface area contributed by atoms with Gasteiger partial charge in [-0.05, 0) is 12.8 Å². The molecule has 1 aromatic heterocycles. The topological polar surface area (TPSA) is 147 Å². The monoisotopic (exact) mass is 301 g/mol. The van der Waals surface area contributed by atoms with Gasteiger partial charge in [0.05, 0.1) is 0 Å². The standard InChI is InChI=1S/C10H15N5O4S/c1-2-7-14-15-10(20-7)13-9(19)12-5(8(17)18)3-4-6(11)16/h5H,2-4H2,1H3,(H2,11,16)(H,17,18)(H2,12,13,15,19)/t5-/m0/s1. The highest BCUT2D eigenvalue weighted by Gasteiger charge is 2.21. The van der Waals surface area contributed by atoms with Crippen molar-refractivity contribution in [1.82, 2.24) is 15.5 Å². The summed E-state index contributed by atoms with van der Waals surface area (Å²) in [6, 6.07) is -1.92. The van der Waals surface area contributed by atoms with Crippen LogP contribution in [0.15, 0.2) is 0 Å². The van der Waals surface area contributed by atoms with Crippen molar-refractivity contribution in [3.8, 4) is 0 Å². The summed E-state index contributed by atoms with van der Waals surface area (Å²) in [7, 11) is 0. The smallest absolute Gasteiger partial charge is 0.326 e. The predicted octanol–water partition coefficient (Wildman–Crippen LogP) is -0.0593. The third-order valence-electron chi connectivity index (χ3n) is 2.27. The van der Waals surface area contributed by atoms with Gasteiger partial charge in [-0.1, -0.05) is 18.3 Å². The number of aryl methyl sites for hydroxylation is 1. The highest BCUT2D eigenvalue weighted by atomic mass is 32.1. The summed E-state index contributed by atoms with van der Waals surface area (Å²) < 4.78 is 0. The van der Waals surface area contributed by atoms with Crippen LogP contribution in [-0.4, -0.2) is 39.3 Å². The number of nitrogens with two attached hydrogens (primary N) is 1. The maximum absolute atomic E-state index is 11.6. The molecule has 1 atom stereocenters. The maximum atomic E-state index is 11.6. The summed E-state index contributed by atoms with van der Waals surface area (Å²) in [5, 5.41) is 22.1. The van der Waals surface area contributed by atoms with Crippen LogP contribution in [0.1, 0.15) is 24.8 Å². The van der Waals surface area contributed by atoms with E-state index in [-0.39, 0.29) is 18.0 Å². The number of rotatable bonds is 7. The Morgan fingerprint density at radius 3 is 2.60 bits per heavy atom. The molecule has 0 spiro atoms. The molecule has 0 aromatic carbocycles. The van der Waals surface area contributed by atoms with E-state index in [0.717, 1.165) is 5.01 Å². The van der Waals surface area contributed by atoms with Gasteiger partial charge in [0.2, 0.25) is 11.0 Å². The fourth-order valence-corrected chi connectivity index (χ4v) is 1.96. The Labute approximate surface area is 118 Å². The number of nitrogens with one attached hydrogen (secondary N) is 2. The number of aromatic nitrogens is 2. The van der Waals surface area contributed by atoms with E-state index in [9.17, 15) is 14.4 Å². The van der Waals surface area contributed by atoms with E-state index in [1.807, 2.05) is 6.92 Å². The zero-order chi connectivity index (χ0) is 15.1. The number of primary amides is 1. The second kappa shape index (κ2) is 7.38. The molecular formula is C10H15N5O4S. The van der Waals surface area contributed by atoms with Gasteiger partial charge in [0.15, 0.2) is 0 Å². The molecule has 0 bridgehead atoms. The minimum Gasteiger partial charge on any atom is -0.480 e. The van der Waals surface area contributed by atoms with Gasteiger partial charge in [0, 0.05) is 6.42 Å². The lowest BCUT2D eigenvalue weighted by Crippen LogP contribution is -2.43. The molecule has 10 heteroatoms. The Balaban J connectivity index is 2.52. The van der Waals surface area contributed by atoms with Gasteiger partial charge >= 0.3 is 12.0 Å². The van der Waals surface area contributed by atoms with Gasteiger partial charge in [0.1, 0.15) is 11.0 Å². The van der Waals surface area contributed by atoms with Gasteiger partial charge in [-0.15, -0.1) is 10.2 Å². The van der Waals surface area contributed by atoms with Crippen LogP contribution >= 0.6 is 11.3 Å². The molecule has 0 fully saturated rings. The number of hydrogen-bond donors (Lipinski definition) is 4. The van der Waals surface area contributed by atoms with Crippen molar-refractivity contribution in [1.29, 1.82) is 0 Å². The average molecular weight is 301 g/mol. The zero-order valence-electron chi connectivity index (χ0n) is 10.8. The molecule has 0 saturated carbocycles. The van der Waals surface area contributed by atoms with Gasteiger partial charge < -0.3 is 16.2 Å². The maximum Gasteiger partial charge on any atom is 0.326 e. The SMILES string of the molecule is CCc1nnc(NC(=O)N[C@@H](CCC(N)=O)C(=O)O)s1. The number of carbonyl (C=O) groups excluding carboxylic acids is 2. The highest BCUT2D eigenvalue weighted by Crippen LogP contribution is 2.15. The number of carboxylic acid groups (broad SMARTS) is 1. The van der Waals surface area contributed by atoms with Gasteiger partial charge in [0.25, 0.3) is 0 Å². The fraction of sp³-hybridized carbons (Fsp3) is 0.500. The summed E-state index contributed by atoms with van der Waals surface area (Å²) in [4.78, 5) is 33.2. The number of hydrogen-bond acceptors (Lipinski definition) is 6. The molecule has 0 aliphatic heterocycles. The predicted molar refractivity (Wildman–Crippen MR) is 71.3 cm³/mol. The first-order valence-corrected chi connectivity index (χ1v) is 6.65. The number of carboxylic acids is 1. The Kier molecular flexibility index (Phi) is 5.84. The normalized spacial score (nSPS) is 11.7. The Morgan fingerprint density at radius 2 is 2.10 bits per heavy atom. The molecule has 9 nitrogen and oxygen atoms in total. The lowest BCUT2D eigenvalue weighted by atomic mass is 10.1. The van der Waals surface area contributed by atoms with Crippen LogP contribution < -0.4 is 16.4 Å². The van der Waals surface area contributed by atoms with E-state index in [0.29, 0.717) is 6.42 Å². The van der Waals surface area contributed by atoms with Crippen LogP contribution in [-0.2, 0) is 16.0 Å². The Hall–Kier alpha value is -2.23. The fourth-order valence-electron chi connectivity index (χ4n) is 1.28. The van der Waals surface area contributed by atoms with E-state index in [4.69, 9.17) is 10.8 Å². The first kappa shape index (κ1) is 15.8. The molecule has 110 valence electrons. The summed E-state index contributed by atoms with van der Waals surface area (Å²) in [6.07, 6.45) is 0.488. The molecule has 0 aliphatic carbocycles. The Bertz CT molecular complexity index is 504. The first-order chi connectivity index (χ1) is 9.42. The number of anilines is 1. The van der Waals surface area contributed by atoms with Crippen molar-refractivity contribution in [2.24, 2.45) is 5.73 Å². The third kappa shape index (κ3) is 5.18. The van der Waals surface area contributed by atoms with Crippen LogP contribution in [0.5, 0.6) is 0 Å². The largest absolute Gasteiger partial charge is 0.480 e. The Morgan fingerprint density at radius 1 is 1.40 bits per heavy atom. The van der Waals surface area contributed by atoms with Crippen LogP contribution in [0.25, 0.3) is 0 Å². The molecule has 0 saturated heterocycles. The second-order valence-corrected chi connectivity index (χ2v) is 4.91. The van der Waals surface area contributed by atoms with E-state index in [2.05, 4.69) is 20.8 Å². The van der Waals surface area contributed by atoms with E-state index in [1.165, 1.54) is 11.3 Å². The molecule has 0 unspecified atom stereocenters. The summed E-state index contributed by atoms with van der Waals surface area (Å²) in [6.45, 7) is 1.90. The summed E-state index contributed by atoms with van der Waals surface area (Å²) >= 11 is 1.20. The minimum absolute atomic E-state index is 0.0750. The average Bonchev–Trinajstić information content (AvgIpc) is 2.81. The van der Waals surface area contributed by atoms with Crippen molar-refractivity contribution in [3.05, 3.63) is 5.01 Å². The minimum atomic E-state index is -1.24. The van der Waals surface area contributed by atoms with Crippen LogP contribution in [0.3, 0.4) is 0 Å². The quantitative estimate of drug-likeness (QED) is 0.554. The third-order valence-corrected chi connectivity index (χ3v) is 3.26. The molecule has 3 amide bonds. The highest BCUT2D eigenvalue weighted by molar-refractivity contribution is 7.15. The molecule has 20 heavy (non-hydrogen) atoms. The molecule has 1 heterocycles. The lowest BCUT2D eigenvalue weighted by Gasteiger charge is -2.13. The number of amides is 3. The van der Waals surface area contributed by atoms with E-state index < -0.39 is 23.9 Å². The number of nitrogens with zero attached hydrogens (tertiary/aromatic N) is 2. The van der Waals surface area contributed by atoms with Gasteiger partial charge in [-0.2, -0.15) is 0 Å². The van der Waals surface area contributed by atoms with Crippen molar-refractivity contribution in [2.75, 3.05) is 5.32 Å². The number of urea groups is 1. The van der Waals surface area contributed by atoms with E-state index >= 15 is 0 Å². The van der Waals surface area contributed by atoms with Gasteiger partial charge in [-0.3, -0.25) is 10.1 Å². The molecule has 5 N–H and O–H groups in total. The zero-order valence-corrected chi connectivity index (χ0v) is 11.6. The van der Waals surface area contributed by atoms with Crippen molar-refractivity contribution >= 4 is 34.4 Å². The summed E-state index contributed by atoms with van der Waals surface area (Å²) in [5.41, 5.74) is 4.94.